The van der Waals surface area contributed by atoms with Gasteiger partial charge in [-0.05, 0) is 37.1 Å². The fraction of sp³-hybridized carbons (Fsp3) is 0.250. The summed E-state index contributed by atoms with van der Waals surface area (Å²) >= 11 is 0. The zero-order valence-corrected chi connectivity index (χ0v) is 14.5. The minimum absolute atomic E-state index is 0.0206. The van der Waals surface area contributed by atoms with Crippen LogP contribution in [0.25, 0.3) is 28.1 Å². The number of hydrogen-bond donors (Lipinski definition) is 0. The largest absolute Gasteiger partial charge is 0.454 e. The molecule has 0 aliphatic carbocycles. The molecule has 0 spiro atoms. The van der Waals surface area contributed by atoms with Crippen molar-refractivity contribution in [3.8, 4) is 11.5 Å². The summed E-state index contributed by atoms with van der Waals surface area (Å²) in [7, 11) is 1.66. The van der Waals surface area contributed by atoms with Crippen LogP contribution in [-0.2, 0) is 4.74 Å². The lowest BCUT2D eigenvalue weighted by molar-refractivity contribution is 0.0969. The second-order valence-electron chi connectivity index (χ2n) is 6.15. The Labute approximate surface area is 150 Å². The fourth-order valence-electron chi connectivity index (χ4n) is 2.96. The summed E-state index contributed by atoms with van der Waals surface area (Å²) in [5.74, 6) is 0.697. The van der Waals surface area contributed by atoms with Gasteiger partial charge in [0.15, 0.2) is 17.2 Å². The molecule has 0 aliphatic heterocycles. The van der Waals surface area contributed by atoms with Crippen LogP contribution in [0.15, 0.2) is 53.1 Å². The van der Waals surface area contributed by atoms with Crippen LogP contribution < -0.4 is 0 Å². The number of para-hydroxylation sites is 1. The summed E-state index contributed by atoms with van der Waals surface area (Å²) in [6, 6.07) is 13.3. The van der Waals surface area contributed by atoms with E-state index in [2.05, 4.69) is 10.1 Å². The Bertz CT molecular complexity index is 1030. The molecule has 0 unspecified atom stereocenters. The molecule has 0 saturated carbocycles. The summed E-state index contributed by atoms with van der Waals surface area (Å²) in [6.45, 7) is 0.664. The van der Waals surface area contributed by atoms with Gasteiger partial charge in [0.05, 0.1) is 6.20 Å². The van der Waals surface area contributed by atoms with E-state index in [9.17, 15) is 4.79 Å². The third kappa shape index (κ3) is 3.11. The van der Waals surface area contributed by atoms with E-state index >= 15 is 0 Å². The summed E-state index contributed by atoms with van der Waals surface area (Å²) in [4.78, 5) is 16.8. The first-order chi connectivity index (χ1) is 12.8. The lowest BCUT2D eigenvalue weighted by atomic mass is 10.1. The average Bonchev–Trinajstić information content (AvgIpc) is 3.27. The first-order valence-corrected chi connectivity index (χ1v) is 8.62. The Kier molecular flexibility index (Phi) is 4.50. The Morgan fingerprint density at radius 1 is 1.19 bits per heavy atom. The molecular formula is C20H19N3O3. The van der Waals surface area contributed by atoms with E-state index in [0.29, 0.717) is 30.1 Å². The molecule has 6 heteroatoms. The van der Waals surface area contributed by atoms with Crippen LogP contribution in [-0.4, -0.2) is 34.1 Å². The van der Waals surface area contributed by atoms with Crippen molar-refractivity contribution < 1.29 is 13.9 Å². The van der Waals surface area contributed by atoms with Gasteiger partial charge < -0.3 is 9.15 Å². The minimum atomic E-state index is 0.0206. The zero-order chi connectivity index (χ0) is 17.9. The summed E-state index contributed by atoms with van der Waals surface area (Å²) in [5, 5.41) is 5.51. The highest BCUT2D eigenvalue weighted by molar-refractivity contribution is 5.94. The predicted octanol–water partition coefficient (Wildman–Crippen LogP) is 4.14. The molecule has 4 rings (SSSR count). The number of ketones is 1. The third-order valence-electron chi connectivity index (χ3n) is 4.33. The van der Waals surface area contributed by atoms with Crippen LogP contribution in [0, 0.1) is 0 Å². The Morgan fingerprint density at radius 2 is 2.08 bits per heavy atom. The number of aromatic nitrogens is 3. The average molecular weight is 349 g/mol. The van der Waals surface area contributed by atoms with Crippen molar-refractivity contribution in [1.29, 1.82) is 0 Å². The van der Waals surface area contributed by atoms with Crippen LogP contribution in [0.2, 0.25) is 0 Å². The van der Waals surface area contributed by atoms with Crippen molar-refractivity contribution in [2.75, 3.05) is 13.7 Å². The molecule has 6 nitrogen and oxygen atoms in total. The number of fused-ring (bicyclic) bond motifs is 2. The van der Waals surface area contributed by atoms with Crippen molar-refractivity contribution in [1.82, 2.24) is 14.6 Å². The number of unbranched alkanes of at least 4 members (excludes halogenated alkanes) is 1. The highest BCUT2D eigenvalue weighted by Crippen LogP contribution is 2.27. The van der Waals surface area contributed by atoms with Crippen molar-refractivity contribution in [2.45, 2.75) is 19.3 Å². The van der Waals surface area contributed by atoms with E-state index in [0.717, 1.165) is 29.5 Å². The van der Waals surface area contributed by atoms with E-state index in [-0.39, 0.29) is 5.78 Å². The Morgan fingerprint density at radius 3 is 2.92 bits per heavy atom. The Balaban J connectivity index is 1.65. The number of nitrogens with zero attached hydrogens (tertiary/aromatic N) is 3. The third-order valence-corrected chi connectivity index (χ3v) is 4.33. The van der Waals surface area contributed by atoms with Crippen molar-refractivity contribution in [3.05, 3.63) is 54.4 Å². The molecule has 0 amide bonds. The molecule has 0 bridgehead atoms. The maximum absolute atomic E-state index is 12.4. The maximum atomic E-state index is 12.4. The van der Waals surface area contributed by atoms with Gasteiger partial charge in [0, 0.05) is 25.5 Å². The van der Waals surface area contributed by atoms with Crippen molar-refractivity contribution >= 4 is 22.4 Å². The van der Waals surface area contributed by atoms with Gasteiger partial charge in [-0.3, -0.25) is 4.79 Å². The standard InChI is InChI=1S/C20H19N3O3/c1-25-11-5-4-7-17(24)15-9-10-20-21-13-16(23(20)22-15)19-12-14-6-2-3-8-18(14)26-19/h2-3,6,8-10,12-13H,4-5,7,11H2,1H3. The molecule has 4 aromatic rings. The fourth-order valence-corrected chi connectivity index (χ4v) is 2.96. The Hall–Kier alpha value is -2.99. The van der Waals surface area contributed by atoms with E-state index in [1.807, 2.05) is 36.4 Å². The van der Waals surface area contributed by atoms with Crippen molar-refractivity contribution in [3.63, 3.8) is 0 Å². The molecule has 0 saturated heterocycles. The van der Waals surface area contributed by atoms with Crippen LogP contribution in [0.1, 0.15) is 29.8 Å². The molecular weight excluding hydrogens is 330 g/mol. The highest BCUT2D eigenvalue weighted by atomic mass is 16.5. The molecule has 0 aliphatic rings. The van der Waals surface area contributed by atoms with E-state index in [4.69, 9.17) is 9.15 Å². The molecule has 3 heterocycles. The van der Waals surface area contributed by atoms with Gasteiger partial charge in [0.1, 0.15) is 17.0 Å². The smallest absolute Gasteiger partial charge is 0.183 e. The molecule has 0 radical (unpaired) electrons. The van der Waals surface area contributed by atoms with E-state index < -0.39 is 0 Å². The van der Waals surface area contributed by atoms with Gasteiger partial charge in [-0.1, -0.05) is 18.2 Å². The predicted molar refractivity (Wildman–Crippen MR) is 98.3 cm³/mol. The molecule has 26 heavy (non-hydrogen) atoms. The molecule has 1 aromatic carbocycles. The molecule has 0 fully saturated rings. The van der Waals surface area contributed by atoms with Gasteiger partial charge >= 0.3 is 0 Å². The van der Waals surface area contributed by atoms with Gasteiger partial charge in [0.25, 0.3) is 0 Å². The maximum Gasteiger partial charge on any atom is 0.183 e. The topological polar surface area (TPSA) is 69.6 Å². The van der Waals surface area contributed by atoms with Crippen LogP contribution in [0.5, 0.6) is 0 Å². The number of imidazole rings is 1. The number of rotatable bonds is 7. The first-order valence-electron chi connectivity index (χ1n) is 8.62. The van der Waals surface area contributed by atoms with Gasteiger partial charge in [0.2, 0.25) is 0 Å². The number of carbonyl (C=O) groups excluding carboxylic acids is 1. The second-order valence-corrected chi connectivity index (χ2v) is 6.15. The monoisotopic (exact) mass is 349 g/mol. The number of furan rings is 1. The highest BCUT2D eigenvalue weighted by Gasteiger charge is 2.15. The second kappa shape index (κ2) is 7.09. The molecule has 0 N–H and O–H groups in total. The molecule has 132 valence electrons. The minimum Gasteiger partial charge on any atom is -0.454 e. The van der Waals surface area contributed by atoms with Crippen LogP contribution in [0.4, 0.5) is 0 Å². The van der Waals surface area contributed by atoms with E-state index in [1.54, 1.807) is 23.9 Å². The number of ether oxygens (including phenoxy) is 1. The lowest BCUT2D eigenvalue weighted by Gasteiger charge is -2.03. The molecule has 3 aromatic heterocycles. The van der Waals surface area contributed by atoms with Crippen LogP contribution in [0.3, 0.4) is 0 Å². The number of benzene rings is 1. The quantitative estimate of drug-likeness (QED) is 0.370. The van der Waals surface area contributed by atoms with E-state index in [1.165, 1.54) is 0 Å². The van der Waals surface area contributed by atoms with Crippen molar-refractivity contribution in [2.24, 2.45) is 0 Å². The van der Waals surface area contributed by atoms with Gasteiger partial charge in [-0.25, -0.2) is 9.50 Å². The summed E-state index contributed by atoms with van der Waals surface area (Å²) in [6.07, 6.45) is 3.82. The molecule has 0 atom stereocenters. The first kappa shape index (κ1) is 16.5. The number of Topliss-reactive ketones (excluding diaryl/α,β-unsaturated/α-hetero) is 1. The SMILES string of the molecule is COCCCCC(=O)c1ccc2ncc(-c3cc4ccccc4o3)n2n1. The zero-order valence-electron chi connectivity index (χ0n) is 14.5. The summed E-state index contributed by atoms with van der Waals surface area (Å²) < 4.78 is 12.6. The normalized spacial score (nSPS) is 11.4. The number of carbonyl (C=O) groups is 1. The van der Waals surface area contributed by atoms with Gasteiger partial charge in [-0.2, -0.15) is 5.10 Å². The summed E-state index contributed by atoms with van der Waals surface area (Å²) in [5.41, 5.74) is 2.65. The van der Waals surface area contributed by atoms with Crippen LogP contribution >= 0.6 is 0 Å². The van der Waals surface area contributed by atoms with Gasteiger partial charge in [-0.15, -0.1) is 0 Å². The number of methoxy groups -OCH3 is 1. The number of hydrogen-bond acceptors (Lipinski definition) is 5. The lowest BCUT2D eigenvalue weighted by Crippen LogP contribution is -2.07.